The minimum absolute atomic E-state index is 0.0473. The van der Waals surface area contributed by atoms with Crippen LogP contribution in [0.25, 0.3) is 0 Å². The number of rotatable bonds is 3. The highest BCUT2D eigenvalue weighted by molar-refractivity contribution is 7.98. The molecule has 46 heavy (non-hydrogen) atoms. The van der Waals surface area contributed by atoms with Crippen LogP contribution >= 0.6 is 11.8 Å². The zero-order valence-corrected chi connectivity index (χ0v) is 26.6. The molecule has 0 N–H and O–H groups in total. The third kappa shape index (κ3) is 5.53. The largest absolute Gasteiger partial charge is 0.493 e. The number of halogens is 2. The number of fused-ring (bicyclic) bond motifs is 7. The van der Waals surface area contributed by atoms with Crippen LogP contribution in [0.3, 0.4) is 0 Å². The lowest BCUT2D eigenvalue weighted by atomic mass is 9.84. The second-order valence-corrected chi connectivity index (χ2v) is 13.8. The van der Waals surface area contributed by atoms with Crippen molar-refractivity contribution in [2.45, 2.75) is 56.4 Å². The van der Waals surface area contributed by atoms with Gasteiger partial charge in [0.05, 0.1) is 6.61 Å². The molecule has 3 aliphatic rings. The van der Waals surface area contributed by atoms with E-state index in [2.05, 4.69) is 13.8 Å². The molecule has 7 nitrogen and oxygen atoms in total. The zero-order chi connectivity index (χ0) is 32.0. The molecule has 2 bridgehead atoms. The number of amides is 1. The minimum atomic E-state index is -0.960. The summed E-state index contributed by atoms with van der Waals surface area (Å²) in [6.45, 7) is 5.31. The number of hydrogen-bond acceptors (Lipinski definition) is 6. The molecule has 1 amide bonds. The van der Waals surface area contributed by atoms with E-state index in [4.69, 9.17) is 9.47 Å². The maximum absolute atomic E-state index is 15.8. The van der Waals surface area contributed by atoms with Gasteiger partial charge in [-0.3, -0.25) is 19.3 Å². The van der Waals surface area contributed by atoms with Gasteiger partial charge in [0.2, 0.25) is 5.43 Å². The molecule has 4 heterocycles. The summed E-state index contributed by atoms with van der Waals surface area (Å²) in [7, 11) is 0. The second-order valence-electron chi connectivity index (χ2n) is 12.8. The van der Waals surface area contributed by atoms with Gasteiger partial charge < -0.3 is 14.4 Å². The van der Waals surface area contributed by atoms with Crippen LogP contribution in [0.15, 0.2) is 82.6 Å². The van der Waals surface area contributed by atoms with Gasteiger partial charge in [0, 0.05) is 46.6 Å². The molecule has 0 saturated carbocycles. The zero-order valence-electron chi connectivity index (χ0n) is 25.8. The summed E-state index contributed by atoms with van der Waals surface area (Å²) < 4.78 is 45.2. The molecule has 3 aliphatic heterocycles. The Morgan fingerprint density at radius 1 is 1.02 bits per heavy atom. The lowest BCUT2D eigenvalue weighted by Gasteiger charge is -2.44. The Hall–Kier alpha value is -4.31. The molecular weight excluding hydrogens is 608 g/mol. The smallest absolute Gasteiger partial charge is 0.277 e. The number of thioether (sulfide) groups is 1. The summed E-state index contributed by atoms with van der Waals surface area (Å²) in [5, 5.41) is 1.95. The Balaban J connectivity index is 1.47. The van der Waals surface area contributed by atoms with E-state index >= 15 is 8.78 Å². The average molecular weight is 644 g/mol. The molecule has 1 aromatic heterocycles. The van der Waals surface area contributed by atoms with Crippen LogP contribution in [-0.2, 0) is 12.4 Å². The lowest BCUT2D eigenvalue weighted by Crippen LogP contribution is -2.56. The van der Waals surface area contributed by atoms with E-state index in [1.54, 1.807) is 15.8 Å². The molecule has 0 saturated heterocycles. The topological polar surface area (TPSA) is 64.0 Å². The van der Waals surface area contributed by atoms with E-state index in [0.29, 0.717) is 25.1 Å². The fraction of sp³-hybridized carbons (Fsp3) is 0.333. The van der Waals surface area contributed by atoms with Gasteiger partial charge in [0.15, 0.2) is 23.1 Å². The monoisotopic (exact) mass is 643 g/mol. The summed E-state index contributed by atoms with van der Waals surface area (Å²) in [6, 6.07) is 19.1. The highest BCUT2D eigenvalue weighted by Crippen LogP contribution is 2.48. The predicted molar refractivity (Wildman–Crippen MR) is 173 cm³/mol. The summed E-state index contributed by atoms with van der Waals surface area (Å²) >= 11 is 1.44. The SMILES string of the molecule is CC1(C)CCCN2CN(C3c4ccccc4SCc4c(F)c(F)cc(c43)OCC1)n1ccc(=O)c(OCc3ccccc3)c1C2=O. The van der Waals surface area contributed by atoms with Crippen molar-refractivity contribution >= 4 is 17.7 Å². The van der Waals surface area contributed by atoms with E-state index < -0.39 is 23.1 Å². The summed E-state index contributed by atoms with van der Waals surface area (Å²) in [5.74, 6) is -1.75. The maximum atomic E-state index is 15.8. The number of ether oxygens (including phenoxy) is 2. The van der Waals surface area contributed by atoms with Crippen molar-refractivity contribution in [2.75, 3.05) is 24.8 Å². The molecule has 3 aromatic carbocycles. The number of carbonyl (C=O) groups is 1. The third-order valence-electron chi connectivity index (χ3n) is 9.14. The van der Waals surface area contributed by atoms with Crippen molar-refractivity contribution < 1.29 is 23.0 Å². The van der Waals surface area contributed by atoms with E-state index in [-0.39, 0.29) is 53.1 Å². The van der Waals surface area contributed by atoms with Gasteiger partial charge in [0.25, 0.3) is 5.91 Å². The molecule has 1 atom stereocenters. The standard InChI is InChI=1S/C36H35F2N3O4S/c1-36(2)14-8-16-39-22-41(40-17-13-27(42)34(33(40)35(39)43)45-20-23-9-4-3-5-10-23)32-24-11-6-7-12-29(24)46-21-25-30(32)28(44-18-15-36)19-26(37)31(25)38/h3-7,9-13,17,19,32H,8,14-16,18,20-22H2,1-2H3. The van der Waals surface area contributed by atoms with Crippen molar-refractivity contribution in [1.82, 2.24) is 9.58 Å². The highest BCUT2D eigenvalue weighted by Gasteiger charge is 2.41. The van der Waals surface area contributed by atoms with Crippen molar-refractivity contribution in [2.24, 2.45) is 5.41 Å². The first-order chi connectivity index (χ1) is 22.2. The predicted octanol–water partition coefficient (Wildman–Crippen LogP) is 7.04. The average Bonchev–Trinajstić information content (AvgIpc) is 3.21. The van der Waals surface area contributed by atoms with Crippen LogP contribution in [0.5, 0.6) is 11.5 Å². The van der Waals surface area contributed by atoms with Crippen LogP contribution in [0.1, 0.15) is 71.9 Å². The summed E-state index contributed by atoms with van der Waals surface area (Å²) in [5.41, 5.74) is 2.02. The van der Waals surface area contributed by atoms with Crippen molar-refractivity contribution in [1.29, 1.82) is 0 Å². The number of aromatic nitrogens is 1. The van der Waals surface area contributed by atoms with Crippen molar-refractivity contribution in [3.8, 4) is 11.5 Å². The molecule has 0 spiro atoms. The van der Waals surface area contributed by atoms with E-state index in [1.165, 1.54) is 17.8 Å². The van der Waals surface area contributed by atoms with Gasteiger partial charge >= 0.3 is 0 Å². The van der Waals surface area contributed by atoms with E-state index in [0.717, 1.165) is 34.9 Å². The Morgan fingerprint density at radius 3 is 2.63 bits per heavy atom. The van der Waals surface area contributed by atoms with Gasteiger partial charge in [0.1, 0.15) is 25.1 Å². The molecule has 238 valence electrons. The summed E-state index contributed by atoms with van der Waals surface area (Å²) in [6.07, 6.45) is 3.81. The normalized spacial score (nSPS) is 18.9. The first-order valence-corrected chi connectivity index (χ1v) is 16.5. The Labute approximate surface area is 270 Å². The molecule has 7 rings (SSSR count). The first-order valence-electron chi connectivity index (χ1n) is 15.6. The van der Waals surface area contributed by atoms with E-state index in [1.807, 2.05) is 59.6 Å². The molecule has 0 radical (unpaired) electrons. The third-order valence-corrected chi connectivity index (χ3v) is 10.3. The van der Waals surface area contributed by atoms with Crippen LogP contribution in [0.2, 0.25) is 0 Å². The quantitative estimate of drug-likeness (QED) is 0.239. The van der Waals surface area contributed by atoms with E-state index in [9.17, 15) is 9.59 Å². The maximum Gasteiger partial charge on any atom is 0.277 e. The molecule has 0 fully saturated rings. The minimum Gasteiger partial charge on any atom is -0.493 e. The molecule has 4 aromatic rings. The number of benzene rings is 3. The van der Waals surface area contributed by atoms with Crippen LogP contribution in [-0.4, -0.2) is 35.3 Å². The number of pyridine rings is 1. The molecular formula is C36H35F2N3O4S. The molecule has 1 unspecified atom stereocenters. The molecule has 0 aliphatic carbocycles. The summed E-state index contributed by atoms with van der Waals surface area (Å²) in [4.78, 5) is 30.4. The Bertz CT molecular complexity index is 1860. The lowest BCUT2D eigenvalue weighted by molar-refractivity contribution is 0.0666. The first kappa shape index (κ1) is 30.3. The van der Waals surface area contributed by atoms with Crippen LogP contribution in [0.4, 0.5) is 8.78 Å². The Kier molecular flexibility index (Phi) is 8.00. The number of carbonyl (C=O) groups excluding carboxylic acids is 1. The van der Waals surface area contributed by atoms with Gasteiger partial charge in [-0.1, -0.05) is 62.4 Å². The van der Waals surface area contributed by atoms with Crippen molar-refractivity contribution in [3.63, 3.8) is 0 Å². The fourth-order valence-corrected chi connectivity index (χ4v) is 7.72. The van der Waals surface area contributed by atoms with Crippen LogP contribution in [0, 0.1) is 17.0 Å². The number of nitrogens with zero attached hydrogens (tertiary/aromatic N) is 3. The van der Waals surface area contributed by atoms with Crippen LogP contribution < -0.4 is 19.9 Å². The Morgan fingerprint density at radius 2 is 1.80 bits per heavy atom. The van der Waals surface area contributed by atoms with Gasteiger partial charge in [-0.15, -0.1) is 11.8 Å². The van der Waals surface area contributed by atoms with Gasteiger partial charge in [-0.05, 0) is 41.9 Å². The van der Waals surface area contributed by atoms with Gasteiger partial charge in [-0.2, -0.15) is 0 Å². The van der Waals surface area contributed by atoms with Crippen molar-refractivity contribution in [3.05, 3.63) is 123 Å². The second kappa shape index (κ2) is 12.1. The number of hydrogen-bond donors (Lipinski definition) is 0. The fourth-order valence-electron chi connectivity index (χ4n) is 6.61. The highest BCUT2D eigenvalue weighted by atomic mass is 32.2. The molecule has 10 heteroatoms. The van der Waals surface area contributed by atoms with Gasteiger partial charge in [-0.25, -0.2) is 8.78 Å².